The molecule has 20 heavy (non-hydrogen) atoms. The van der Waals surface area contributed by atoms with Gasteiger partial charge in [0.05, 0.1) is 11.3 Å². The predicted molar refractivity (Wildman–Crippen MR) is 73.5 cm³/mol. The lowest BCUT2D eigenvalue weighted by molar-refractivity contribution is -0.384. The molecule has 0 aliphatic carbocycles. The first kappa shape index (κ1) is 14.5. The second kappa shape index (κ2) is 6.00. The zero-order valence-electron chi connectivity index (χ0n) is 11.4. The topological polar surface area (TPSA) is 83.7 Å². The maximum absolute atomic E-state index is 10.9. The molecule has 1 aromatic carbocycles. The van der Waals surface area contributed by atoms with Crippen molar-refractivity contribution in [1.29, 1.82) is 0 Å². The number of hydrogen-bond donors (Lipinski definition) is 1. The SMILES string of the molecule is CC(c1ccc([N+](=O)[O-])cc1)N1CCCC1CC(=O)O. The van der Waals surface area contributed by atoms with Gasteiger partial charge in [0.1, 0.15) is 0 Å². The Hall–Kier alpha value is -1.95. The van der Waals surface area contributed by atoms with Crippen LogP contribution < -0.4 is 0 Å². The molecule has 108 valence electrons. The third kappa shape index (κ3) is 3.14. The lowest BCUT2D eigenvalue weighted by Gasteiger charge is -2.30. The number of aliphatic carboxylic acids is 1. The highest BCUT2D eigenvalue weighted by Crippen LogP contribution is 2.31. The van der Waals surface area contributed by atoms with Gasteiger partial charge in [0.2, 0.25) is 0 Å². The lowest BCUT2D eigenvalue weighted by Crippen LogP contribution is -2.33. The van der Waals surface area contributed by atoms with Gasteiger partial charge in [0, 0.05) is 24.2 Å². The number of carboxylic acid groups (broad SMARTS) is 1. The van der Waals surface area contributed by atoms with Crippen molar-refractivity contribution in [2.45, 2.75) is 38.3 Å². The maximum Gasteiger partial charge on any atom is 0.304 e. The Bertz CT molecular complexity index is 500. The van der Waals surface area contributed by atoms with Crippen molar-refractivity contribution in [3.05, 3.63) is 39.9 Å². The summed E-state index contributed by atoms with van der Waals surface area (Å²) in [6, 6.07) is 6.61. The van der Waals surface area contributed by atoms with Gasteiger partial charge in [-0.15, -0.1) is 0 Å². The van der Waals surface area contributed by atoms with Crippen LogP contribution in [0.3, 0.4) is 0 Å². The fourth-order valence-corrected chi connectivity index (χ4v) is 2.85. The van der Waals surface area contributed by atoms with Crippen molar-refractivity contribution in [2.24, 2.45) is 0 Å². The Morgan fingerprint density at radius 1 is 1.50 bits per heavy atom. The molecule has 1 N–H and O–H groups in total. The Balaban J connectivity index is 2.11. The van der Waals surface area contributed by atoms with E-state index in [1.54, 1.807) is 12.1 Å². The largest absolute Gasteiger partial charge is 0.481 e. The van der Waals surface area contributed by atoms with Crippen LogP contribution in [-0.4, -0.2) is 33.5 Å². The van der Waals surface area contributed by atoms with Crippen molar-refractivity contribution < 1.29 is 14.8 Å². The average Bonchev–Trinajstić information content (AvgIpc) is 2.85. The minimum absolute atomic E-state index is 0.0534. The fraction of sp³-hybridized carbons (Fsp3) is 0.500. The third-order valence-corrected chi connectivity index (χ3v) is 3.92. The third-order valence-electron chi connectivity index (χ3n) is 3.92. The van der Waals surface area contributed by atoms with E-state index >= 15 is 0 Å². The molecule has 1 heterocycles. The first-order valence-electron chi connectivity index (χ1n) is 6.71. The van der Waals surface area contributed by atoms with E-state index in [2.05, 4.69) is 4.90 Å². The number of rotatable bonds is 5. The minimum atomic E-state index is -0.780. The van der Waals surface area contributed by atoms with Gasteiger partial charge in [0.25, 0.3) is 5.69 Å². The van der Waals surface area contributed by atoms with Crippen LogP contribution in [0, 0.1) is 10.1 Å². The van der Waals surface area contributed by atoms with Gasteiger partial charge < -0.3 is 5.11 Å². The van der Waals surface area contributed by atoms with Crippen LogP contribution in [-0.2, 0) is 4.79 Å². The van der Waals surface area contributed by atoms with Gasteiger partial charge in [-0.2, -0.15) is 0 Å². The van der Waals surface area contributed by atoms with E-state index in [0.717, 1.165) is 24.9 Å². The molecule has 0 aromatic heterocycles. The van der Waals surface area contributed by atoms with E-state index in [1.165, 1.54) is 12.1 Å². The number of benzene rings is 1. The van der Waals surface area contributed by atoms with Crippen molar-refractivity contribution in [2.75, 3.05) is 6.54 Å². The molecule has 0 spiro atoms. The van der Waals surface area contributed by atoms with E-state index in [9.17, 15) is 14.9 Å². The first-order chi connectivity index (χ1) is 9.49. The monoisotopic (exact) mass is 278 g/mol. The molecule has 1 saturated heterocycles. The second-order valence-electron chi connectivity index (χ2n) is 5.16. The zero-order chi connectivity index (χ0) is 14.7. The molecule has 1 aliphatic rings. The van der Waals surface area contributed by atoms with Crippen LogP contribution in [0.4, 0.5) is 5.69 Å². The van der Waals surface area contributed by atoms with Crippen molar-refractivity contribution in [3.63, 3.8) is 0 Å². The summed E-state index contributed by atoms with van der Waals surface area (Å²) in [7, 11) is 0. The Morgan fingerprint density at radius 3 is 2.70 bits per heavy atom. The first-order valence-corrected chi connectivity index (χ1v) is 6.71. The number of likely N-dealkylation sites (tertiary alicyclic amines) is 1. The quantitative estimate of drug-likeness (QED) is 0.661. The summed E-state index contributed by atoms with van der Waals surface area (Å²) in [6.07, 6.45) is 2.04. The van der Waals surface area contributed by atoms with Gasteiger partial charge in [-0.25, -0.2) is 0 Å². The molecule has 2 atom stereocenters. The molecule has 1 aromatic rings. The molecule has 0 bridgehead atoms. The van der Waals surface area contributed by atoms with Crippen LogP contribution in [0.15, 0.2) is 24.3 Å². The molecule has 0 amide bonds. The highest BCUT2D eigenvalue weighted by Gasteiger charge is 2.30. The van der Waals surface area contributed by atoms with Crippen LogP contribution in [0.1, 0.15) is 37.8 Å². The fourth-order valence-electron chi connectivity index (χ4n) is 2.85. The standard InChI is InChI=1S/C14H18N2O4/c1-10(11-4-6-12(7-5-11)16(19)20)15-8-2-3-13(15)9-14(17)18/h4-7,10,13H,2-3,8-9H2,1H3,(H,17,18). The summed E-state index contributed by atoms with van der Waals surface area (Å²) in [5.74, 6) is -0.780. The molecule has 6 heteroatoms. The number of carbonyl (C=O) groups is 1. The van der Waals surface area contributed by atoms with Gasteiger partial charge in [0.15, 0.2) is 0 Å². The van der Waals surface area contributed by atoms with E-state index in [1.807, 2.05) is 6.92 Å². The summed E-state index contributed by atoms with van der Waals surface area (Å²) < 4.78 is 0. The molecule has 1 aliphatic heterocycles. The van der Waals surface area contributed by atoms with Crippen molar-refractivity contribution >= 4 is 11.7 Å². The maximum atomic E-state index is 10.9. The van der Waals surface area contributed by atoms with Crippen LogP contribution in [0.5, 0.6) is 0 Å². The molecular formula is C14H18N2O4. The van der Waals surface area contributed by atoms with Crippen LogP contribution in [0.2, 0.25) is 0 Å². The molecule has 2 unspecified atom stereocenters. The molecule has 2 rings (SSSR count). The van der Waals surface area contributed by atoms with Crippen molar-refractivity contribution in [3.8, 4) is 0 Å². The number of non-ortho nitro benzene ring substituents is 1. The lowest BCUT2D eigenvalue weighted by atomic mass is 10.0. The zero-order valence-corrected chi connectivity index (χ0v) is 11.4. The smallest absolute Gasteiger partial charge is 0.304 e. The minimum Gasteiger partial charge on any atom is -0.481 e. The number of nitrogens with zero attached hydrogens (tertiary/aromatic N) is 2. The normalized spacial score (nSPS) is 20.8. The summed E-state index contributed by atoms with van der Waals surface area (Å²) in [5.41, 5.74) is 1.05. The Kier molecular flexibility index (Phi) is 4.34. The van der Waals surface area contributed by atoms with E-state index in [0.29, 0.717) is 0 Å². The molecule has 0 saturated carbocycles. The van der Waals surface area contributed by atoms with Gasteiger partial charge in [-0.3, -0.25) is 19.8 Å². The van der Waals surface area contributed by atoms with E-state index in [4.69, 9.17) is 5.11 Å². The number of hydrogen-bond acceptors (Lipinski definition) is 4. The highest BCUT2D eigenvalue weighted by molar-refractivity contribution is 5.67. The van der Waals surface area contributed by atoms with Gasteiger partial charge in [-0.1, -0.05) is 12.1 Å². The summed E-state index contributed by atoms with van der Waals surface area (Å²) in [5, 5.41) is 19.6. The molecular weight excluding hydrogens is 260 g/mol. The molecule has 0 radical (unpaired) electrons. The Morgan fingerprint density at radius 2 is 2.15 bits per heavy atom. The molecule has 6 nitrogen and oxygen atoms in total. The summed E-state index contributed by atoms with van der Waals surface area (Å²) >= 11 is 0. The van der Waals surface area contributed by atoms with E-state index in [-0.39, 0.29) is 24.2 Å². The van der Waals surface area contributed by atoms with Gasteiger partial charge in [-0.05, 0) is 31.9 Å². The number of nitro groups is 1. The Labute approximate surface area is 117 Å². The van der Waals surface area contributed by atoms with Crippen LogP contribution >= 0.6 is 0 Å². The van der Waals surface area contributed by atoms with Crippen molar-refractivity contribution in [1.82, 2.24) is 4.90 Å². The number of nitro benzene ring substituents is 1. The van der Waals surface area contributed by atoms with E-state index < -0.39 is 10.9 Å². The second-order valence-corrected chi connectivity index (χ2v) is 5.16. The van der Waals surface area contributed by atoms with Crippen LogP contribution in [0.25, 0.3) is 0 Å². The summed E-state index contributed by atoms with van der Waals surface area (Å²) in [4.78, 5) is 23.3. The van der Waals surface area contributed by atoms with Gasteiger partial charge >= 0.3 is 5.97 Å². The molecule has 1 fully saturated rings. The number of carboxylic acids is 1. The highest BCUT2D eigenvalue weighted by atomic mass is 16.6. The summed E-state index contributed by atoms with van der Waals surface area (Å²) in [6.45, 7) is 2.89. The predicted octanol–water partition coefficient (Wildman–Crippen LogP) is 2.59. The average molecular weight is 278 g/mol.